The van der Waals surface area contributed by atoms with Crippen molar-refractivity contribution in [3.8, 4) is 0 Å². The van der Waals surface area contributed by atoms with E-state index >= 15 is 0 Å². The zero-order valence-electron chi connectivity index (χ0n) is 9.79. The number of hydrogen-bond acceptors (Lipinski definition) is 5. The molecule has 1 saturated heterocycles. The summed E-state index contributed by atoms with van der Waals surface area (Å²) in [7, 11) is -1.93. The molecule has 1 aliphatic rings. The molecule has 1 aromatic rings. The molecule has 0 bridgehead atoms. The molecule has 98 valence electrons. The average molecular weight is 271 g/mol. The molecule has 0 aliphatic carbocycles. The van der Waals surface area contributed by atoms with Crippen molar-refractivity contribution in [2.45, 2.75) is 17.9 Å². The number of carbonyl (C=O) groups is 2. The number of aryl methyl sites for hydroxylation is 1. The van der Waals surface area contributed by atoms with E-state index in [2.05, 4.69) is 10.3 Å². The lowest BCUT2D eigenvalue weighted by Gasteiger charge is -2.19. The van der Waals surface area contributed by atoms with Crippen LogP contribution in [0.5, 0.6) is 0 Å². The number of hydrogen-bond donors (Lipinski definition) is 1. The van der Waals surface area contributed by atoms with Crippen LogP contribution in [0, 0.1) is 5.92 Å². The van der Waals surface area contributed by atoms with Gasteiger partial charge in [-0.2, -0.15) is 0 Å². The van der Waals surface area contributed by atoms with E-state index in [0.29, 0.717) is 0 Å². The lowest BCUT2D eigenvalue weighted by molar-refractivity contribution is -0.135. The second-order valence-corrected chi connectivity index (χ2v) is 6.29. The van der Waals surface area contributed by atoms with E-state index in [-0.39, 0.29) is 29.5 Å². The summed E-state index contributed by atoms with van der Waals surface area (Å²) in [5.74, 6) is -1.88. The fraction of sp³-hybridized carbons (Fsp3) is 0.500. The minimum atomic E-state index is -3.59. The Morgan fingerprint density at radius 2 is 2.22 bits per heavy atom. The molecule has 0 aromatic carbocycles. The molecule has 8 heteroatoms. The molecule has 0 radical (unpaired) electrons. The summed E-state index contributed by atoms with van der Waals surface area (Å²) in [4.78, 5) is 26.2. The maximum atomic E-state index is 12.0. The number of nitrogens with one attached hydrogen (secondary N) is 1. The first-order chi connectivity index (χ1) is 8.38. The third-order valence-corrected chi connectivity index (χ3v) is 4.46. The Hall–Kier alpha value is -1.70. The smallest absolute Gasteiger partial charge is 0.230 e. The fourth-order valence-electron chi connectivity index (χ4n) is 1.80. The van der Waals surface area contributed by atoms with Gasteiger partial charge in [-0.3, -0.25) is 14.9 Å². The summed E-state index contributed by atoms with van der Waals surface area (Å²) < 4.78 is 25.5. The number of nitrogens with zero attached hydrogens (tertiary/aromatic N) is 2. The van der Waals surface area contributed by atoms with Crippen molar-refractivity contribution < 1.29 is 18.0 Å². The maximum absolute atomic E-state index is 12.0. The number of amides is 2. The fourth-order valence-corrected chi connectivity index (χ4v) is 3.35. The molecule has 1 atom stereocenters. The molecule has 1 aliphatic heterocycles. The molecule has 1 aromatic heterocycles. The van der Waals surface area contributed by atoms with Crippen molar-refractivity contribution >= 4 is 21.7 Å². The SMILES string of the molecule is Cn1cnc(S(=O)(=O)CC2CCC(=O)NC2=O)c1. The number of piperidine rings is 1. The Kier molecular flexibility index (Phi) is 3.20. The summed E-state index contributed by atoms with van der Waals surface area (Å²) in [6.45, 7) is 0. The Bertz CT molecular complexity index is 590. The zero-order chi connectivity index (χ0) is 13.3. The molecule has 2 rings (SSSR count). The van der Waals surface area contributed by atoms with Crippen LogP contribution in [0.2, 0.25) is 0 Å². The van der Waals surface area contributed by atoms with Gasteiger partial charge in [0.25, 0.3) is 0 Å². The third kappa shape index (κ3) is 2.58. The number of imide groups is 1. The van der Waals surface area contributed by atoms with Crippen LogP contribution in [-0.2, 0) is 26.5 Å². The summed E-state index contributed by atoms with van der Waals surface area (Å²) in [6, 6.07) is 0. The largest absolute Gasteiger partial charge is 0.339 e. The van der Waals surface area contributed by atoms with Crippen LogP contribution in [0.4, 0.5) is 0 Å². The topological polar surface area (TPSA) is 98.1 Å². The van der Waals surface area contributed by atoms with Crippen LogP contribution in [-0.4, -0.2) is 35.5 Å². The van der Waals surface area contributed by atoms with Gasteiger partial charge in [-0.05, 0) is 6.42 Å². The van der Waals surface area contributed by atoms with Crippen LogP contribution in [0.1, 0.15) is 12.8 Å². The lowest BCUT2D eigenvalue weighted by Crippen LogP contribution is -2.43. The van der Waals surface area contributed by atoms with Gasteiger partial charge in [0.05, 0.1) is 18.0 Å². The summed E-state index contributed by atoms with van der Waals surface area (Å²) in [5.41, 5.74) is 0. The minimum absolute atomic E-state index is 0.0466. The van der Waals surface area contributed by atoms with Crippen molar-refractivity contribution in [1.82, 2.24) is 14.9 Å². The van der Waals surface area contributed by atoms with Crippen molar-refractivity contribution in [3.05, 3.63) is 12.5 Å². The van der Waals surface area contributed by atoms with Crippen LogP contribution in [0.3, 0.4) is 0 Å². The Morgan fingerprint density at radius 3 is 2.78 bits per heavy atom. The number of carbonyl (C=O) groups excluding carboxylic acids is 2. The molecule has 7 nitrogen and oxygen atoms in total. The first kappa shape index (κ1) is 12.7. The van der Waals surface area contributed by atoms with Gasteiger partial charge in [0, 0.05) is 19.7 Å². The van der Waals surface area contributed by atoms with Gasteiger partial charge < -0.3 is 4.57 Å². The van der Waals surface area contributed by atoms with Crippen LogP contribution < -0.4 is 5.32 Å². The molecule has 0 spiro atoms. The quantitative estimate of drug-likeness (QED) is 0.729. The third-order valence-electron chi connectivity index (χ3n) is 2.77. The van der Waals surface area contributed by atoms with Crippen molar-refractivity contribution in [1.29, 1.82) is 0 Å². The molecule has 1 fully saturated rings. The highest BCUT2D eigenvalue weighted by Gasteiger charge is 2.32. The Labute approximate surface area is 104 Å². The predicted molar refractivity (Wildman–Crippen MR) is 61.1 cm³/mol. The highest BCUT2D eigenvalue weighted by atomic mass is 32.2. The Morgan fingerprint density at radius 1 is 1.50 bits per heavy atom. The van der Waals surface area contributed by atoms with E-state index in [0.717, 1.165) is 0 Å². The summed E-state index contributed by atoms with van der Waals surface area (Å²) in [5, 5.41) is 2.09. The number of aromatic nitrogens is 2. The molecule has 18 heavy (non-hydrogen) atoms. The predicted octanol–water partition coefficient (Wildman–Crippen LogP) is -0.753. The molecule has 1 N–H and O–H groups in total. The van der Waals surface area contributed by atoms with E-state index in [1.807, 2.05) is 0 Å². The molecular formula is C10H13N3O4S. The van der Waals surface area contributed by atoms with E-state index in [1.165, 1.54) is 17.1 Å². The zero-order valence-corrected chi connectivity index (χ0v) is 10.6. The van der Waals surface area contributed by atoms with Crippen molar-refractivity contribution in [2.75, 3.05) is 5.75 Å². The van der Waals surface area contributed by atoms with Crippen LogP contribution >= 0.6 is 0 Å². The molecule has 0 saturated carbocycles. The van der Waals surface area contributed by atoms with Crippen LogP contribution in [0.25, 0.3) is 0 Å². The van der Waals surface area contributed by atoms with E-state index < -0.39 is 21.7 Å². The van der Waals surface area contributed by atoms with Gasteiger partial charge in [-0.1, -0.05) is 0 Å². The van der Waals surface area contributed by atoms with E-state index in [4.69, 9.17) is 0 Å². The minimum Gasteiger partial charge on any atom is -0.339 e. The summed E-state index contributed by atoms with van der Waals surface area (Å²) in [6.07, 6.45) is 3.21. The van der Waals surface area contributed by atoms with Gasteiger partial charge in [0.2, 0.25) is 11.8 Å². The molecule has 1 unspecified atom stereocenters. The van der Waals surface area contributed by atoms with Crippen molar-refractivity contribution in [3.63, 3.8) is 0 Å². The number of imidazole rings is 1. The first-order valence-corrected chi connectivity index (χ1v) is 7.08. The highest BCUT2D eigenvalue weighted by Crippen LogP contribution is 2.18. The molecule has 2 amide bonds. The monoisotopic (exact) mass is 271 g/mol. The van der Waals surface area contributed by atoms with Gasteiger partial charge >= 0.3 is 0 Å². The van der Waals surface area contributed by atoms with Gasteiger partial charge in [0.15, 0.2) is 14.9 Å². The van der Waals surface area contributed by atoms with Crippen LogP contribution in [0.15, 0.2) is 17.6 Å². The van der Waals surface area contributed by atoms with Gasteiger partial charge in [0.1, 0.15) is 0 Å². The van der Waals surface area contributed by atoms with E-state index in [1.54, 1.807) is 7.05 Å². The van der Waals surface area contributed by atoms with Gasteiger partial charge in [-0.15, -0.1) is 0 Å². The Balaban J connectivity index is 2.14. The van der Waals surface area contributed by atoms with Crippen molar-refractivity contribution in [2.24, 2.45) is 13.0 Å². The second-order valence-electron chi connectivity index (χ2n) is 4.31. The summed E-state index contributed by atoms with van der Waals surface area (Å²) >= 11 is 0. The van der Waals surface area contributed by atoms with E-state index in [9.17, 15) is 18.0 Å². The lowest BCUT2D eigenvalue weighted by atomic mass is 10.0. The molecular weight excluding hydrogens is 258 g/mol. The van der Waals surface area contributed by atoms with Gasteiger partial charge in [-0.25, -0.2) is 13.4 Å². The second kappa shape index (κ2) is 4.52. The average Bonchev–Trinajstić information content (AvgIpc) is 2.70. The normalized spacial score (nSPS) is 20.8. The highest BCUT2D eigenvalue weighted by molar-refractivity contribution is 7.91. The molecule has 2 heterocycles. The standard InChI is InChI=1S/C10H13N3O4S/c1-13-4-9(11-6-13)18(16,17)5-7-2-3-8(14)12-10(7)15/h4,6-7H,2-3,5H2,1H3,(H,12,14,15). The first-order valence-electron chi connectivity index (χ1n) is 5.43. The number of rotatable bonds is 3. The number of sulfone groups is 1. The maximum Gasteiger partial charge on any atom is 0.230 e.